The Morgan fingerprint density at radius 1 is 0.643 bits per heavy atom. The number of nitrogens with zero attached hydrogens (tertiary/aromatic N) is 2. The first-order valence-corrected chi connectivity index (χ1v) is 10.1. The number of pyridine rings is 2. The monoisotopic (exact) mass is 382 g/mol. The quantitative estimate of drug-likeness (QED) is 0.517. The van der Waals surface area contributed by atoms with Crippen LogP contribution in [-0.4, -0.2) is 34.9 Å². The number of hydrogen-bond acceptors (Lipinski definition) is 4. The van der Waals surface area contributed by atoms with Crippen molar-refractivity contribution in [1.82, 2.24) is 20.6 Å². The highest BCUT2D eigenvalue weighted by atomic mass is 16.2. The van der Waals surface area contributed by atoms with Crippen LogP contribution in [0, 0.1) is 0 Å². The van der Waals surface area contributed by atoms with Crippen molar-refractivity contribution < 1.29 is 9.59 Å². The predicted octanol–water partition coefficient (Wildman–Crippen LogP) is 3.76. The van der Waals surface area contributed by atoms with Gasteiger partial charge in [0, 0.05) is 37.9 Å². The molecule has 0 radical (unpaired) electrons. The fraction of sp³-hybridized carbons (Fsp3) is 0.455. The molecule has 0 aliphatic carbocycles. The lowest BCUT2D eigenvalue weighted by molar-refractivity contribution is 0.0944. The van der Waals surface area contributed by atoms with Gasteiger partial charge in [-0.2, -0.15) is 0 Å². The van der Waals surface area contributed by atoms with Crippen molar-refractivity contribution in [2.24, 2.45) is 0 Å². The lowest BCUT2D eigenvalue weighted by atomic mass is 10.1. The Hall–Kier alpha value is -2.76. The number of aromatic nitrogens is 2. The summed E-state index contributed by atoms with van der Waals surface area (Å²) in [4.78, 5) is 31.6. The first-order valence-electron chi connectivity index (χ1n) is 10.1. The first kappa shape index (κ1) is 21.5. The van der Waals surface area contributed by atoms with Crippen molar-refractivity contribution in [3.05, 3.63) is 60.2 Å². The van der Waals surface area contributed by atoms with E-state index in [9.17, 15) is 9.59 Å². The molecule has 0 bridgehead atoms. The van der Waals surface area contributed by atoms with Crippen molar-refractivity contribution in [1.29, 1.82) is 0 Å². The second-order valence-electron chi connectivity index (χ2n) is 6.82. The summed E-state index contributed by atoms with van der Waals surface area (Å²) in [6.07, 6.45) is 15.6. The van der Waals surface area contributed by atoms with Gasteiger partial charge in [0.2, 0.25) is 0 Å². The highest BCUT2D eigenvalue weighted by molar-refractivity contribution is 5.94. The molecule has 2 rings (SSSR count). The highest BCUT2D eigenvalue weighted by Crippen LogP contribution is 2.08. The molecule has 6 nitrogen and oxygen atoms in total. The fourth-order valence-electron chi connectivity index (χ4n) is 2.91. The van der Waals surface area contributed by atoms with E-state index in [1.807, 2.05) is 0 Å². The molecule has 0 aliphatic heterocycles. The lowest BCUT2D eigenvalue weighted by Gasteiger charge is -2.06. The van der Waals surface area contributed by atoms with Gasteiger partial charge >= 0.3 is 0 Å². The molecule has 2 aromatic rings. The maximum absolute atomic E-state index is 11.8. The van der Waals surface area contributed by atoms with Crippen LogP contribution in [-0.2, 0) is 0 Å². The Labute approximate surface area is 167 Å². The van der Waals surface area contributed by atoms with Crippen molar-refractivity contribution in [3.8, 4) is 0 Å². The number of amides is 2. The normalized spacial score (nSPS) is 10.4. The molecule has 150 valence electrons. The fourth-order valence-corrected chi connectivity index (χ4v) is 2.91. The summed E-state index contributed by atoms with van der Waals surface area (Å²) >= 11 is 0. The van der Waals surface area contributed by atoms with E-state index in [4.69, 9.17) is 0 Å². The van der Waals surface area contributed by atoms with Crippen LogP contribution in [0.25, 0.3) is 0 Å². The van der Waals surface area contributed by atoms with Gasteiger partial charge in [0.1, 0.15) is 0 Å². The maximum atomic E-state index is 11.8. The van der Waals surface area contributed by atoms with Crippen LogP contribution in [0.5, 0.6) is 0 Å². The minimum absolute atomic E-state index is 0.0521. The molecule has 6 heteroatoms. The molecule has 0 atom stereocenters. The van der Waals surface area contributed by atoms with Gasteiger partial charge in [-0.15, -0.1) is 0 Å². The Kier molecular flexibility index (Phi) is 10.3. The topological polar surface area (TPSA) is 84.0 Å². The molecule has 0 saturated carbocycles. The van der Waals surface area contributed by atoms with Crippen LogP contribution < -0.4 is 10.6 Å². The van der Waals surface area contributed by atoms with Crippen LogP contribution in [0.4, 0.5) is 0 Å². The predicted molar refractivity (Wildman–Crippen MR) is 110 cm³/mol. The second kappa shape index (κ2) is 13.4. The third-order valence-corrected chi connectivity index (χ3v) is 4.52. The van der Waals surface area contributed by atoms with Crippen LogP contribution in [0.15, 0.2) is 49.1 Å². The van der Waals surface area contributed by atoms with E-state index in [2.05, 4.69) is 20.6 Å². The van der Waals surface area contributed by atoms with Crippen molar-refractivity contribution in [3.63, 3.8) is 0 Å². The Morgan fingerprint density at radius 2 is 1.04 bits per heavy atom. The molecular weight excluding hydrogens is 352 g/mol. The van der Waals surface area contributed by atoms with Gasteiger partial charge in [-0.3, -0.25) is 19.6 Å². The summed E-state index contributed by atoms with van der Waals surface area (Å²) in [5.74, 6) is -0.104. The molecule has 0 fully saturated rings. The third-order valence-electron chi connectivity index (χ3n) is 4.52. The third kappa shape index (κ3) is 8.75. The molecule has 0 unspecified atom stereocenters. The standard InChI is InChI=1S/C22H30N4O2/c27-21(19-11-9-13-23-17-19)25-15-7-5-3-1-2-4-6-8-16-26-22(28)20-12-10-14-24-18-20/h9-14,17-18H,1-8,15-16H2,(H,25,27)(H,26,28). The molecule has 0 saturated heterocycles. The van der Waals surface area contributed by atoms with Crippen LogP contribution in [0.2, 0.25) is 0 Å². The summed E-state index contributed by atoms with van der Waals surface area (Å²) in [6, 6.07) is 7.08. The number of nitrogens with one attached hydrogen (secondary N) is 2. The van der Waals surface area contributed by atoms with Gasteiger partial charge in [-0.05, 0) is 37.1 Å². The van der Waals surface area contributed by atoms with E-state index in [0.717, 1.165) is 25.7 Å². The second-order valence-corrected chi connectivity index (χ2v) is 6.82. The molecule has 2 amide bonds. The van der Waals surface area contributed by atoms with E-state index in [-0.39, 0.29) is 11.8 Å². The SMILES string of the molecule is O=C(NCCCCCCCCCCNC(=O)c1cccnc1)c1cccnc1. The molecule has 2 heterocycles. The molecule has 0 aliphatic rings. The van der Waals surface area contributed by atoms with Crippen LogP contribution in [0.1, 0.15) is 72.1 Å². The molecule has 2 aromatic heterocycles. The number of hydrogen-bond donors (Lipinski definition) is 2. The zero-order valence-corrected chi connectivity index (χ0v) is 16.4. The molecular formula is C22H30N4O2. The summed E-state index contributed by atoms with van der Waals surface area (Å²) in [5, 5.41) is 5.86. The largest absolute Gasteiger partial charge is 0.352 e. The summed E-state index contributed by atoms with van der Waals surface area (Å²) in [5.41, 5.74) is 1.22. The van der Waals surface area contributed by atoms with Crippen molar-refractivity contribution in [2.75, 3.05) is 13.1 Å². The van der Waals surface area contributed by atoms with Crippen molar-refractivity contribution >= 4 is 11.8 Å². The zero-order valence-electron chi connectivity index (χ0n) is 16.4. The average molecular weight is 383 g/mol. The summed E-state index contributed by atoms with van der Waals surface area (Å²) in [7, 11) is 0. The first-order chi connectivity index (χ1) is 13.8. The number of carbonyl (C=O) groups excluding carboxylic acids is 2. The minimum Gasteiger partial charge on any atom is -0.352 e. The molecule has 2 N–H and O–H groups in total. The van der Waals surface area contributed by atoms with E-state index in [0.29, 0.717) is 24.2 Å². The maximum Gasteiger partial charge on any atom is 0.252 e. The summed E-state index contributed by atoms with van der Waals surface area (Å²) in [6.45, 7) is 1.43. The van der Waals surface area contributed by atoms with E-state index in [1.54, 1.807) is 49.1 Å². The van der Waals surface area contributed by atoms with Gasteiger partial charge in [0.25, 0.3) is 11.8 Å². The van der Waals surface area contributed by atoms with Gasteiger partial charge in [-0.1, -0.05) is 38.5 Å². The van der Waals surface area contributed by atoms with Gasteiger partial charge in [0.15, 0.2) is 0 Å². The van der Waals surface area contributed by atoms with E-state index < -0.39 is 0 Å². The molecule has 0 spiro atoms. The smallest absolute Gasteiger partial charge is 0.252 e. The van der Waals surface area contributed by atoms with Gasteiger partial charge in [0.05, 0.1) is 11.1 Å². The van der Waals surface area contributed by atoms with Gasteiger partial charge < -0.3 is 10.6 Å². The van der Waals surface area contributed by atoms with Gasteiger partial charge in [-0.25, -0.2) is 0 Å². The average Bonchev–Trinajstić information content (AvgIpc) is 2.75. The Morgan fingerprint density at radius 3 is 1.39 bits per heavy atom. The number of carbonyl (C=O) groups is 2. The Balaban J connectivity index is 1.36. The number of rotatable bonds is 13. The minimum atomic E-state index is -0.0521. The molecule has 28 heavy (non-hydrogen) atoms. The molecule has 0 aromatic carbocycles. The van der Waals surface area contributed by atoms with E-state index in [1.165, 1.54) is 25.7 Å². The Bertz CT molecular complexity index is 631. The highest BCUT2D eigenvalue weighted by Gasteiger charge is 2.04. The zero-order chi connectivity index (χ0) is 19.9. The number of unbranched alkanes of at least 4 members (excludes halogenated alkanes) is 7. The van der Waals surface area contributed by atoms with Crippen molar-refractivity contribution in [2.45, 2.75) is 51.4 Å². The lowest BCUT2D eigenvalue weighted by Crippen LogP contribution is -2.24. The van der Waals surface area contributed by atoms with Crippen LogP contribution in [0.3, 0.4) is 0 Å². The van der Waals surface area contributed by atoms with Crippen LogP contribution >= 0.6 is 0 Å². The summed E-state index contributed by atoms with van der Waals surface area (Å²) < 4.78 is 0. The van der Waals surface area contributed by atoms with E-state index >= 15 is 0 Å².